The van der Waals surface area contributed by atoms with E-state index in [1.165, 1.54) is 6.07 Å². The lowest BCUT2D eigenvalue weighted by molar-refractivity contribution is 0.0698. The van der Waals surface area contributed by atoms with Gasteiger partial charge in [-0.2, -0.15) is 0 Å². The maximum atomic E-state index is 10.9. The number of aromatic carboxylic acids is 1. The van der Waals surface area contributed by atoms with Gasteiger partial charge in [-0.25, -0.2) is 4.79 Å². The molecule has 0 bridgehead atoms. The van der Waals surface area contributed by atoms with Crippen molar-refractivity contribution in [3.05, 3.63) is 34.6 Å². The van der Waals surface area contributed by atoms with E-state index in [1.807, 2.05) is 0 Å². The quantitative estimate of drug-likeness (QED) is 0.777. The minimum absolute atomic E-state index is 0.0978. The SMILES string of the molecule is Nc1c(C(=O)O)cc(Br)c2cnccc12. The molecule has 1 aromatic carbocycles. The van der Waals surface area contributed by atoms with Crippen LogP contribution in [0.1, 0.15) is 10.4 Å². The highest BCUT2D eigenvalue weighted by molar-refractivity contribution is 9.10. The maximum absolute atomic E-state index is 10.9. The molecule has 2 rings (SSSR count). The number of aromatic nitrogens is 1. The molecule has 2 aromatic rings. The van der Waals surface area contributed by atoms with Gasteiger partial charge in [0.25, 0.3) is 0 Å². The van der Waals surface area contributed by atoms with Crippen LogP contribution in [0, 0.1) is 0 Å². The second-order valence-corrected chi connectivity index (χ2v) is 3.90. The van der Waals surface area contributed by atoms with Crippen molar-refractivity contribution < 1.29 is 9.90 Å². The van der Waals surface area contributed by atoms with Crippen molar-refractivity contribution in [2.75, 3.05) is 5.73 Å². The topological polar surface area (TPSA) is 76.2 Å². The highest BCUT2D eigenvalue weighted by atomic mass is 79.9. The van der Waals surface area contributed by atoms with Crippen LogP contribution < -0.4 is 5.73 Å². The number of carboxylic acid groups (broad SMARTS) is 1. The highest BCUT2D eigenvalue weighted by Crippen LogP contribution is 2.30. The zero-order chi connectivity index (χ0) is 11.0. The summed E-state index contributed by atoms with van der Waals surface area (Å²) in [4.78, 5) is 14.9. The minimum Gasteiger partial charge on any atom is -0.478 e. The van der Waals surface area contributed by atoms with Crippen LogP contribution in [0.3, 0.4) is 0 Å². The fourth-order valence-electron chi connectivity index (χ4n) is 1.42. The largest absolute Gasteiger partial charge is 0.478 e. The van der Waals surface area contributed by atoms with Crippen molar-refractivity contribution in [3.8, 4) is 0 Å². The number of halogens is 1. The van der Waals surface area contributed by atoms with E-state index in [2.05, 4.69) is 20.9 Å². The van der Waals surface area contributed by atoms with Crippen LogP contribution in [0.15, 0.2) is 29.0 Å². The van der Waals surface area contributed by atoms with Crippen LogP contribution in [-0.2, 0) is 0 Å². The number of carboxylic acids is 1. The van der Waals surface area contributed by atoms with Crippen LogP contribution in [0.2, 0.25) is 0 Å². The van der Waals surface area contributed by atoms with Gasteiger partial charge in [-0.05, 0) is 12.1 Å². The fourth-order valence-corrected chi connectivity index (χ4v) is 1.97. The van der Waals surface area contributed by atoms with E-state index in [0.717, 1.165) is 5.39 Å². The van der Waals surface area contributed by atoms with Gasteiger partial charge in [-0.15, -0.1) is 0 Å². The molecule has 0 unspecified atom stereocenters. The monoisotopic (exact) mass is 266 g/mol. The third kappa shape index (κ3) is 1.55. The molecule has 0 amide bonds. The molecule has 0 spiro atoms. The van der Waals surface area contributed by atoms with Crippen molar-refractivity contribution in [3.63, 3.8) is 0 Å². The zero-order valence-corrected chi connectivity index (χ0v) is 9.15. The van der Waals surface area contributed by atoms with Crippen molar-refractivity contribution in [1.29, 1.82) is 0 Å². The number of nitrogen functional groups attached to an aromatic ring is 1. The van der Waals surface area contributed by atoms with Gasteiger partial charge >= 0.3 is 5.97 Å². The molecule has 1 aromatic heterocycles. The third-order valence-corrected chi connectivity index (χ3v) is 2.82. The van der Waals surface area contributed by atoms with Gasteiger partial charge in [0, 0.05) is 27.6 Å². The fraction of sp³-hybridized carbons (Fsp3) is 0. The number of nitrogens with two attached hydrogens (primary N) is 1. The first-order valence-electron chi connectivity index (χ1n) is 4.16. The number of hydrogen-bond donors (Lipinski definition) is 2. The summed E-state index contributed by atoms with van der Waals surface area (Å²) in [5.74, 6) is -1.04. The summed E-state index contributed by atoms with van der Waals surface area (Å²) in [5, 5.41) is 10.4. The molecular formula is C10H7BrN2O2. The number of hydrogen-bond acceptors (Lipinski definition) is 3. The summed E-state index contributed by atoms with van der Waals surface area (Å²) in [6.45, 7) is 0. The number of nitrogens with zero attached hydrogens (tertiary/aromatic N) is 1. The van der Waals surface area contributed by atoms with Crippen LogP contribution in [0.25, 0.3) is 10.8 Å². The first-order chi connectivity index (χ1) is 7.11. The summed E-state index contributed by atoms with van der Waals surface area (Å²) in [6, 6.07) is 3.18. The molecule has 0 saturated carbocycles. The number of benzene rings is 1. The molecule has 0 aliphatic rings. The van der Waals surface area contributed by atoms with E-state index < -0.39 is 5.97 Å². The van der Waals surface area contributed by atoms with Gasteiger partial charge in [0.1, 0.15) is 0 Å². The molecular weight excluding hydrogens is 260 g/mol. The van der Waals surface area contributed by atoms with Crippen LogP contribution in [0.5, 0.6) is 0 Å². The second kappa shape index (κ2) is 3.51. The lowest BCUT2D eigenvalue weighted by Gasteiger charge is -2.07. The second-order valence-electron chi connectivity index (χ2n) is 3.05. The van der Waals surface area contributed by atoms with Crippen molar-refractivity contribution in [2.24, 2.45) is 0 Å². The van der Waals surface area contributed by atoms with Gasteiger partial charge in [-0.1, -0.05) is 15.9 Å². The van der Waals surface area contributed by atoms with E-state index >= 15 is 0 Å². The number of anilines is 1. The standard InChI is InChI=1S/C10H7BrN2O2/c11-8-3-6(10(14)15)9(12)5-1-2-13-4-7(5)8/h1-4H,12H2,(H,14,15). The van der Waals surface area contributed by atoms with Gasteiger partial charge < -0.3 is 10.8 Å². The summed E-state index contributed by atoms with van der Waals surface area (Å²) in [7, 11) is 0. The molecule has 4 nitrogen and oxygen atoms in total. The molecule has 1 heterocycles. The normalized spacial score (nSPS) is 10.5. The molecule has 0 aliphatic heterocycles. The lowest BCUT2D eigenvalue weighted by atomic mass is 10.1. The number of pyridine rings is 1. The Morgan fingerprint density at radius 1 is 1.47 bits per heavy atom. The molecule has 5 heteroatoms. The molecule has 0 fully saturated rings. The summed E-state index contributed by atoms with van der Waals surface area (Å²) in [5.41, 5.74) is 6.12. The Hall–Kier alpha value is -1.62. The van der Waals surface area contributed by atoms with E-state index in [9.17, 15) is 4.79 Å². The highest BCUT2D eigenvalue weighted by Gasteiger charge is 2.13. The van der Waals surface area contributed by atoms with Crippen molar-refractivity contribution >= 4 is 38.4 Å². The Balaban J connectivity index is 2.90. The maximum Gasteiger partial charge on any atom is 0.337 e. The summed E-state index contributed by atoms with van der Waals surface area (Å²) >= 11 is 3.29. The number of fused-ring (bicyclic) bond motifs is 1. The van der Waals surface area contributed by atoms with Crippen LogP contribution >= 0.6 is 15.9 Å². The van der Waals surface area contributed by atoms with Crippen LogP contribution in [0.4, 0.5) is 5.69 Å². The predicted molar refractivity (Wildman–Crippen MR) is 60.8 cm³/mol. The number of rotatable bonds is 1. The van der Waals surface area contributed by atoms with Gasteiger partial charge in [0.05, 0.1) is 11.3 Å². The molecule has 0 radical (unpaired) electrons. The smallest absolute Gasteiger partial charge is 0.337 e. The number of carbonyl (C=O) groups is 1. The van der Waals surface area contributed by atoms with Gasteiger partial charge in [0.2, 0.25) is 0 Å². The minimum atomic E-state index is -1.04. The first-order valence-corrected chi connectivity index (χ1v) is 4.95. The predicted octanol–water partition coefficient (Wildman–Crippen LogP) is 2.28. The Morgan fingerprint density at radius 3 is 2.87 bits per heavy atom. The molecule has 15 heavy (non-hydrogen) atoms. The Kier molecular flexibility index (Phi) is 2.32. The molecule has 0 saturated heterocycles. The Morgan fingerprint density at radius 2 is 2.20 bits per heavy atom. The lowest BCUT2D eigenvalue weighted by Crippen LogP contribution is -2.03. The molecule has 76 valence electrons. The van der Waals surface area contributed by atoms with Crippen LogP contribution in [-0.4, -0.2) is 16.1 Å². The van der Waals surface area contributed by atoms with Gasteiger partial charge in [-0.3, -0.25) is 4.98 Å². The van der Waals surface area contributed by atoms with E-state index in [1.54, 1.807) is 18.5 Å². The summed E-state index contributed by atoms with van der Waals surface area (Å²) in [6.07, 6.45) is 3.22. The van der Waals surface area contributed by atoms with Crippen molar-refractivity contribution in [2.45, 2.75) is 0 Å². The first kappa shape index (κ1) is 9.92. The zero-order valence-electron chi connectivity index (χ0n) is 7.57. The van der Waals surface area contributed by atoms with E-state index in [0.29, 0.717) is 9.86 Å². The Labute approximate surface area is 93.9 Å². The molecule has 0 atom stereocenters. The Bertz CT molecular complexity index is 554. The van der Waals surface area contributed by atoms with E-state index in [4.69, 9.17) is 10.8 Å². The average molecular weight is 267 g/mol. The van der Waals surface area contributed by atoms with Crippen molar-refractivity contribution in [1.82, 2.24) is 4.98 Å². The van der Waals surface area contributed by atoms with E-state index in [-0.39, 0.29) is 11.3 Å². The molecule has 3 N–H and O–H groups in total. The third-order valence-electron chi connectivity index (χ3n) is 2.16. The average Bonchev–Trinajstić information content (AvgIpc) is 2.23. The summed E-state index contributed by atoms with van der Waals surface area (Å²) < 4.78 is 0.678. The molecule has 0 aliphatic carbocycles. The van der Waals surface area contributed by atoms with Gasteiger partial charge in [0.15, 0.2) is 0 Å².